The number of alkyl halides is 3. The Hall–Kier alpha value is -1.44. The van der Waals surface area contributed by atoms with E-state index in [1.54, 1.807) is 6.07 Å². The lowest BCUT2D eigenvalue weighted by atomic mass is 10.2. The van der Waals surface area contributed by atoms with Crippen LogP contribution < -0.4 is 10.6 Å². The van der Waals surface area contributed by atoms with Gasteiger partial charge in [-0.25, -0.2) is 4.79 Å². The molecule has 1 atom stereocenters. The molecule has 0 fully saturated rings. The number of rotatable bonds is 4. The monoisotopic (exact) mass is 354 g/mol. The van der Waals surface area contributed by atoms with Crippen molar-refractivity contribution in [3.63, 3.8) is 0 Å². The molecule has 21 heavy (non-hydrogen) atoms. The van der Waals surface area contributed by atoms with E-state index in [0.29, 0.717) is 5.69 Å². The van der Waals surface area contributed by atoms with Crippen molar-refractivity contribution in [2.75, 3.05) is 19.4 Å². The molecule has 7 nitrogen and oxygen atoms in total. The van der Waals surface area contributed by atoms with E-state index in [4.69, 9.17) is 34.8 Å². The Labute approximate surface area is 136 Å². The summed E-state index contributed by atoms with van der Waals surface area (Å²) in [7, 11) is 3.05. The second-order valence-corrected chi connectivity index (χ2v) is 6.64. The van der Waals surface area contributed by atoms with Gasteiger partial charge in [0.1, 0.15) is 6.17 Å². The molecule has 0 saturated heterocycles. The molecule has 0 heterocycles. The Balaban J connectivity index is 2.94. The van der Waals surface area contributed by atoms with Gasteiger partial charge in [-0.3, -0.25) is 10.1 Å². The fourth-order valence-electron chi connectivity index (χ4n) is 1.33. The van der Waals surface area contributed by atoms with E-state index >= 15 is 0 Å². The summed E-state index contributed by atoms with van der Waals surface area (Å²) < 4.78 is -1.85. The van der Waals surface area contributed by atoms with E-state index in [-0.39, 0.29) is 5.69 Å². The lowest BCUT2D eigenvalue weighted by Gasteiger charge is -2.28. The van der Waals surface area contributed by atoms with Crippen molar-refractivity contribution >= 4 is 52.2 Å². The van der Waals surface area contributed by atoms with Crippen LogP contribution in [0.2, 0.25) is 0 Å². The third kappa shape index (κ3) is 5.45. The maximum Gasteiger partial charge on any atom is 0.318 e. The topological polar surface area (TPSA) is 87.5 Å². The second kappa shape index (κ2) is 7.02. The van der Waals surface area contributed by atoms with Gasteiger partial charge in [-0.2, -0.15) is 0 Å². The van der Waals surface area contributed by atoms with Gasteiger partial charge in [0, 0.05) is 31.9 Å². The van der Waals surface area contributed by atoms with Gasteiger partial charge in [0.25, 0.3) is 5.69 Å². The number of benzene rings is 1. The molecule has 2 amide bonds. The van der Waals surface area contributed by atoms with Crippen LogP contribution in [0.15, 0.2) is 24.3 Å². The Bertz CT molecular complexity index is 534. The van der Waals surface area contributed by atoms with Crippen molar-refractivity contribution in [3.05, 3.63) is 34.4 Å². The number of nitrogens with one attached hydrogen (secondary N) is 2. The molecule has 1 rings (SSSR count). The van der Waals surface area contributed by atoms with Crippen LogP contribution in [0.5, 0.6) is 0 Å². The molecular weight excluding hydrogens is 343 g/mol. The summed E-state index contributed by atoms with van der Waals surface area (Å²) in [6.07, 6.45) is -1.07. The molecule has 2 N–H and O–H groups in total. The number of carbonyl (C=O) groups is 1. The molecule has 0 aliphatic heterocycles. The van der Waals surface area contributed by atoms with Gasteiger partial charge in [-0.1, -0.05) is 40.9 Å². The van der Waals surface area contributed by atoms with E-state index in [0.717, 1.165) is 0 Å². The van der Waals surface area contributed by atoms with E-state index in [1.807, 2.05) is 0 Å². The first-order chi connectivity index (χ1) is 9.61. The highest BCUT2D eigenvalue weighted by molar-refractivity contribution is 6.68. The zero-order valence-electron chi connectivity index (χ0n) is 11.1. The molecule has 1 aromatic carbocycles. The van der Waals surface area contributed by atoms with Crippen LogP contribution in [0.1, 0.15) is 0 Å². The number of halogens is 3. The van der Waals surface area contributed by atoms with Crippen molar-refractivity contribution in [1.29, 1.82) is 0 Å². The maximum atomic E-state index is 11.7. The number of carbonyl (C=O) groups excluding carboxylic acids is 1. The lowest BCUT2D eigenvalue weighted by molar-refractivity contribution is -0.384. The van der Waals surface area contributed by atoms with Gasteiger partial charge < -0.3 is 15.5 Å². The molecule has 0 aromatic heterocycles. The van der Waals surface area contributed by atoms with Crippen molar-refractivity contribution < 1.29 is 9.72 Å². The fraction of sp³-hybridized carbons (Fsp3) is 0.364. The number of anilines is 1. The van der Waals surface area contributed by atoms with E-state index < -0.39 is 20.9 Å². The highest BCUT2D eigenvalue weighted by Crippen LogP contribution is 2.31. The van der Waals surface area contributed by atoms with Gasteiger partial charge in [0.2, 0.25) is 3.79 Å². The van der Waals surface area contributed by atoms with Crippen LogP contribution in [0.3, 0.4) is 0 Å². The Morgan fingerprint density at radius 2 is 2.00 bits per heavy atom. The Morgan fingerprint density at radius 3 is 2.48 bits per heavy atom. The lowest BCUT2D eigenvalue weighted by Crippen LogP contribution is -2.52. The van der Waals surface area contributed by atoms with Crippen LogP contribution in [0, 0.1) is 10.1 Å². The zero-order valence-corrected chi connectivity index (χ0v) is 13.4. The molecular formula is C11H13Cl3N4O3. The predicted molar refractivity (Wildman–Crippen MR) is 83.0 cm³/mol. The third-order valence-corrected chi connectivity index (χ3v) is 3.02. The largest absolute Gasteiger partial charge is 0.362 e. The van der Waals surface area contributed by atoms with Gasteiger partial charge in [-0.05, 0) is 6.07 Å². The Kier molecular flexibility index (Phi) is 5.88. The summed E-state index contributed by atoms with van der Waals surface area (Å²) in [5.41, 5.74) is 0.210. The minimum absolute atomic E-state index is 0.123. The van der Waals surface area contributed by atoms with Crippen LogP contribution in [0.25, 0.3) is 0 Å². The molecule has 0 aliphatic rings. The molecule has 0 saturated carbocycles. The van der Waals surface area contributed by atoms with Crippen LogP contribution in [0.4, 0.5) is 16.2 Å². The molecule has 10 heteroatoms. The number of hydrogen-bond donors (Lipinski definition) is 2. The zero-order chi connectivity index (χ0) is 16.2. The van der Waals surface area contributed by atoms with Crippen molar-refractivity contribution in [2.45, 2.75) is 9.96 Å². The fourth-order valence-corrected chi connectivity index (χ4v) is 1.66. The first kappa shape index (κ1) is 17.6. The predicted octanol–water partition coefficient (Wildman–Crippen LogP) is 2.97. The minimum atomic E-state index is -1.85. The number of urea groups is 1. The van der Waals surface area contributed by atoms with Crippen LogP contribution >= 0.6 is 34.8 Å². The molecule has 0 spiro atoms. The first-order valence-electron chi connectivity index (χ1n) is 5.67. The van der Waals surface area contributed by atoms with Gasteiger partial charge in [0.15, 0.2) is 0 Å². The summed E-state index contributed by atoms with van der Waals surface area (Å²) in [4.78, 5) is 23.1. The first-order valence-corrected chi connectivity index (χ1v) is 6.80. The molecule has 0 bridgehead atoms. The normalized spacial score (nSPS) is 12.4. The number of non-ortho nitro benzene ring substituents is 1. The van der Waals surface area contributed by atoms with E-state index in [1.165, 1.54) is 37.2 Å². The Morgan fingerprint density at radius 1 is 1.38 bits per heavy atom. The summed E-state index contributed by atoms with van der Waals surface area (Å²) in [5, 5.41) is 15.9. The van der Waals surface area contributed by atoms with Crippen LogP contribution in [-0.4, -0.2) is 39.9 Å². The molecule has 0 radical (unpaired) electrons. The number of nitro groups is 1. The smallest absolute Gasteiger partial charge is 0.318 e. The van der Waals surface area contributed by atoms with Gasteiger partial charge in [-0.15, -0.1) is 0 Å². The highest BCUT2D eigenvalue weighted by atomic mass is 35.6. The maximum absolute atomic E-state index is 11.7. The molecule has 1 aromatic rings. The average molecular weight is 356 g/mol. The van der Waals surface area contributed by atoms with Crippen molar-refractivity contribution in [2.24, 2.45) is 0 Å². The van der Waals surface area contributed by atoms with Crippen LogP contribution in [-0.2, 0) is 0 Å². The minimum Gasteiger partial charge on any atom is -0.362 e. The molecule has 0 aliphatic carbocycles. The number of hydrogen-bond acceptors (Lipinski definition) is 4. The third-order valence-electron chi connectivity index (χ3n) is 2.37. The van der Waals surface area contributed by atoms with E-state index in [9.17, 15) is 14.9 Å². The summed E-state index contributed by atoms with van der Waals surface area (Å²) in [6, 6.07) is 5.14. The molecule has 0 unspecified atom stereocenters. The summed E-state index contributed by atoms with van der Waals surface area (Å²) >= 11 is 17.4. The number of amides is 2. The van der Waals surface area contributed by atoms with Gasteiger partial charge >= 0.3 is 6.03 Å². The highest BCUT2D eigenvalue weighted by Gasteiger charge is 2.34. The second-order valence-electron chi connectivity index (χ2n) is 4.27. The van der Waals surface area contributed by atoms with E-state index in [2.05, 4.69) is 10.6 Å². The number of nitrogens with zero attached hydrogens (tertiary/aromatic N) is 2. The van der Waals surface area contributed by atoms with Crippen molar-refractivity contribution in [3.8, 4) is 0 Å². The van der Waals surface area contributed by atoms with Crippen molar-refractivity contribution in [1.82, 2.24) is 10.2 Å². The standard InChI is InChI=1S/C11H13Cl3N4O3/c1-17(2)10(19)16-9(11(12,13)14)15-7-4-3-5-8(6-7)18(20)21/h3-6,9,15H,1-2H3,(H,16,19)/t9-/m0/s1. The van der Waals surface area contributed by atoms with Gasteiger partial charge in [0.05, 0.1) is 4.92 Å². The number of nitro benzene ring substituents is 1. The average Bonchev–Trinajstić information content (AvgIpc) is 2.36. The SMILES string of the molecule is CN(C)C(=O)N[C@H](Nc1cccc([N+](=O)[O-])c1)C(Cl)(Cl)Cl. The summed E-state index contributed by atoms with van der Waals surface area (Å²) in [6.45, 7) is 0. The molecule has 116 valence electrons. The summed E-state index contributed by atoms with van der Waals surface area (Å²) in [5.74, 6) is 0. The quantitative estimate of drug-likeness (QED) is 0.376.